The fourth-order valence-corrected chi connectivity index (χ4v) is 4.40. The number of sulfone groups is 1. The van der Waals surface area contributed by atoms with Crippen molar-refractivity contribution >= 4 is 37.1 Å². The third-order valence-corrected chi connectivity index (χ3v) is 6.21. The lowest BCUT2D eigenvalue weighted by molar-refractivity contribution is 0.584. The molecule has 3 aromatic rings. The van der Waals surface area contributed by atoms with E-state index in [1.165, 1.54) is 29.9 Å². The molecule has 3 rings (SSSR count). The van der Waals surface area contributed by atoms with Crippen molar-refractivity contribution in [2.75, 3.05) is 6.26 Å². The van der Waals surface area contributed by atoms with Gasteiger partial charge in [-0.25, -0.2) is 13.4 Å². The molecule has 2 heterocycles. The van der Waals surface area contributed by atoms with Gasteiger partial charge in [0.1, 0.15) is 0 Å². The van der Waals surface area contributed by atoms with Crippen LogP contribution in [0, 0.1) is 5.95 Å². The first-order chi connectivity index (χ1) is 10.9. The zero-order valence-corrected chi connectivity index (χ0v) is 15.2. The van der Waals surface area contributed by atoms with Crippen LogP contribution in [0.1, 0.15) is 0 Å². The molecule has 1 aromatic carbocycles. The molecule has 0 aliphatic carbocycles. The van der Waals surface area contributed by atoms with Gasteiger partial charge in [-0.2, -0.15) is 4.39 Å². The highest BCUT2D eigenvalue weighted by atomic mass is 79.9. The maximum Gasteiger partial charge on any atom is 0.212 e. The Balaban J connectivity index is 2.10. The fraction of sp³-hybridized carbons (Fsp3) is 0.0625. The molecule has 0 amide bonds. The quantitative estimate of drug-likeness (QED) is 0.582. The summed E-state index contributed by atoms with van der Waals surface area (Å²) >= 11 is 5.03. The van der Waals surface area contributed by atoms with E-state index in [0.717, 1.165) is 26.0 Å². The third kappa shape index (κ3) is 3.36. The first-order valence-electron chi connectivity index (χ1n) is 6.55. The van der Waals surface area contributed by atoms with Gasteiger partial charge in [-0.15, -0.1) is 11.3 Å². The Morgan fingerprint density at radius 3 is 2.30 bits per heavy atom. The summed E-state index contributed by atoms with van der Waals surface area (Å²) in [5.41, 5.74) is 3.53. The average Bonchev–Trinajstić information content (AvgIpc) is 2.89. The number of hydrogen-bond donors (Lipinski definition) is 0. The Labute approximate surface area is 145 Å². The topological polar surface area (TPSA) is 47.0 Å². The van der Waals surface area contributed by atoms with Gasteiger partial charge < -0.3 is 0 Å². The molecule has 23 heavy (non-hydrogen) atoms. The SMILES string of the molecule is CS(=O)(=O)c1ccc(-c2csc(Br)c2-c2ccc(F)nc2)cc1. The summed E-state index contributed by atoms with van der Waals surface area (Å²) in [6, 6.07) is 9.70. The highest BCUT2D eigenvalue weighted by molar-refractivity contribution is 9.11. The van der Waals surface area contributed by atoms with Crippen molar-refractivity contribution in [3.8, 4) is 22.3 Å². The zero-order valence-electron chi connectivity index (χ0n) is 12.0. The summed E-state index contributed by atoms with van der Waals surface area (Å²) in [4.78, 5) is 3.97. The summed E-state index contributed by atoms with van der Waals surface area (Å²) in [7, 11) is -3.22. The summed E-state index contributed by atoms with van der Waals surface area (Å²) in [5, 5.41) is 1.97. The lowest BCUT2D eigenvalue weighted by Crippen LogP contribution is -1.96. The molecule has 0 N–H and O–H groups in total. The lowest BCUT2D eigenvalue weighted by atomic mass is 10.0. The highest BCUT2D eigenvalue weighted by Crippen LogP contribution is 2.42. The van der Waals surface area contributed by atoms with Crippen LogP contribution in [0.25, 0.3) is 22.3 Å². The van der Waals surface area contributed by atoms with E-state index in [1.54, 1.807) is 30.3 Å². The van der Waals surface area contributed by atoms with Gasteiger partial charge in [0, 0.05) is 34.5 Å². The van der Waals surface area contributed by atoms with E-state index in [1.807, 2.05) is 5.38 Å². The van der Waals surface area contributed by atoms with E-state index in [-0.39, 0.29) is 4.90 Å². The van der Waals surface area contributed by atoms with Gasteiger partial charge in [-0.05, 0) is 45.8 Å². The van der Waals surface area contributed by atoms with Crippen molar-refractivity contribution in [3.63, 3.8) is 0 Å². The standard InChI is InChI=1S/C16H11BrFNO2S2/c1-23(20,21)12-5-2-10(3-6-12)13-9-22-16(17)15(13)11-4-7-14(18)19-8-11/h2-9H,1H3. The van der Waals surface area contributed by atoms with E-state index in [9.17, 15) is 12.8 Å². The van der Waals surface area contributed by atoms with Crippen LogP contribution in [-0.2, 0) is 9.84 Å². The Kier molecular flexibility index (Phi) is 4.35. The fourth-order valence-electron chi connectivity index (χ4n) is 2.22. The second-order valence-electron chi connectivity index (χ2n) is 4.96. The molecule has 0 aliphatic heterocycles. The van der Waals surface area contributed by atoms with Crippen molar-refractivity contribution < 1.29 is 12.8 Å². The average molecular weight is 412 g/mol. The van der Waals surface area contributed by atoms with Crippen molar-refractivity contribution in [2.45, 2.75) is 4.90 Å². The van der Waals surface area contributed by atoms with Gasteiger partial charge in [0.2, 0.25) is 5.95 Å². The molecule has 0 saturated heterocycles. The number of aromatic nitrogens is 1. The van der Waals surface area contributed by atoms with Gasteiger partial charge in [0.05, 0.1) is 8.68 Å². The number of nitrogens with zero attached hydrogens (tertiary/aromatic N) is 1. The van der Waals surface area contributed by atoms with Crippen LogP contribution in [0.15, 0.2) is 56.7 Å². The highest BCUT2D eigenvalue weighted by Gasteiger charge is 2.15. The minimum absolute atomic E-state index is 0.278. The Morgan fingerprint density at radius 1 is 1.09 bits per heavy atom. The minimum Gasteiger partial charge on any atom is -0.228 e. The van der Waals surface area contributed by atoms with Crippen molar-refractivity contribution in [2.24, 2.45) is 0 Å². The summed E-state index contributed by atoms with van der Waals surface area (Å²) < 4.78 is 37.1. The molecule has 0 aliphatic rings. The molecular formula is C16H11BrFNO2S2. The van der Waals surface area contributed by atoms with Crippen LogP contribution in [0.2, 0.25) is 0 Å². The molecular weight excluding hydrogens is 401 g/mol. The molecule has 3 nitrogen and oxygen atoms in total. The summed E-state index contributed by atoms with van der Waals surface area (Å²) in [6.07, 6.45) is 2.66. The Bertz CT molecular complexity index is 949. The lowest BCUT2D eigenvalue weighted by Gasteiger charge is -2.07. The second kappa shape index (κ2) is 6.14. The van der Waals surface area contributed by atoms with Crippen LogP contribution in [0.5, 0.6) is 0 Å². The first kappa shape index (κ1) is 16.3. The smallest absolute Gasteiger partial charge is 0.212 e. The van der Waals surface area contributed by atoms with Crippen LogP contribution >= 0.6 is 27.3 Å². The van der Waals surface area contributed by atoms with Crippen LogP contribution < -0.4 is 0 Å². The molecule has 0 saturated carbocycles. The first-order valence-corrected chi connectivity index (χ1v) is 10.1. The molecule has 0 unspecified atom stereocenters. The van der Waals surface area contributed by atoms with E-state index < -0.39 is 15.8 Å². The van der Waals surface area contributed by atoms with Crippen LogP contribution in [0.3, 0.4) is 0 Å². The van der Waals surface area contributed by atoms with E-state index >= 15 is 0 Å². The molecule has 7 heteroatoms. The number of hydrogen-bond acceptors (Lipinski definition) is 4. The van der Waals surface area contributed by atoms with Crippen molar-refractivity contribution in [3.05, 3.63) is 57.7 Å². The monoisotopic (exact) mass is 411 g/mol. The van der Waals surface area contributed by atoms with E-state index in [4.69, 9.17) is 0 Å². The van der Waals surface area contributed by atoms with Gasteiger partial charge in [-0.3, -0.25) is 0 Å². The van der Waals surface area contributed by atoms with Crippen LogP contribution in [-0.4, -0.2) is 19.7 Å². The number of rotatable bonds is 3. The molecule has 0 radical (unpaired) electrons. The maximum atomic E-state index is 13.0. The molecule has 2 aromatic heterocycles. The van der Waals surface area contributed by atoms with Crippen molar-refractivity contribution in [1.29, 1.82) is 0 Å². The second-order valence-corrected chi connectivity index (χ2v) is 9.18. The normalized spacial score (nSPS) is 11.6. The number of benzene rings is 1. The van der Waals surface area contributed by atoms with Gasteiger partial charge in [0.15, 0.2) is 9.84 Å². The van der Waals surface area contributed by atoms with Gasteiger partial charge >= 0.3 is 0 Å². The zero-order chi connectivity index (χ0) is 16.6. The molecule has 118 valence electrons. The molecule has 0 fully saturated rings. The predicted molar refractivity (Wildman–Crippen MR) is 93.8 cm³/mol. The Hall–Kier alpha value is -1.57. The number of thiophene rings is 1. The molecule has 0 atom stereocenters. The largest absolute Gasteiger partial charge is 0.228 e. The molecule has 0 bridgehead atoms. The number of pyridine rings is 1. The summed E-state index contributed by atoms with van der Waals surface area (Å²) in [6.45, 7) is 0. The van der Waals surface area contributed by atoms with Crippen molar-refractivity contribution in [1.82, 2.24) is 4.98 Å². The predicted octanol–water partition coefficient (Wildman–Crippen LogP) is 4.78. The van der Waals surface area contributed by atoms with Gasteiger partial charge in [-0.1, -0.05) is 12.1 Å². The minimum atomic E-state index is -3.22. The Morgan fingerprint density at radius 2 is 1.74 bits per heavy atom. The van der Waals surface area contributed by atoms with E-state index in [0.29, 0.717) is 0 Å². The molecule has 0 spiro atoms. The number of halogens is 2. The van der Waals surface area contributed by atoms with Crippen LogP contribution in [0.4, 0.5) is 4.39 Å². The maximum absolute atomic E-state index is 13.0. The summed E-state index contributed by atoms with van der Waals surface area (Å²) in [5.74, 6) is -0.529. The third-order valence-electron chi connectivity index (χ3n) is 3.36. The van der Waals surface area contributed by atoms with E-state index in [2.05, 4.69) is 20.9 Å². The van der Waals surface area contributed by atoms with Gasteiger partial charge in [0.25, 0.3) is 0 Å².